The normalized spacial score (nSPS) is 11.1. The van der Waals surface area contributed by atoms with Crippen LogP contribution in [-0.4, -0.2) is 10.9 Å². The quantitative estimate of drug-likeness (QED) is 0.284. The highest BCUT2D eigenvalue weighted by Gasteiger charge is 2.13. The minimum atomic E-state index is -0.420. The van der Waals surface area contributed by atoms with E-state index < -0.39 is 5.63 Å². The molecule has 0 saturated carbocycles. The summed E-state index contributed by atoms with van der Waals surface area (Å²) in [6.45, 7) is 2.03. The van der Waals surface area contributed by atoms with Crippen molar-refractivity contribution in [1.82, 2.24) is 4.98 Å². The summed E-state index contributed by atoms with van der Waals surface area (Å²) in [5.41, 5.74) is 5.66. The Morgan fingerprint density at radius 1 is 0.778 bits per heavy atom. The topological polar surface area (TPSA) is 85.3 Å². The molecule has 36 heavy (non-hydrogen) atoms. The number of carbonyl (C=O) groups is 1. The van der Waals surface area contributed by atoms with E-state index in [1.807, 2.05) is 49.4 Å². The predicted octanol–water partition coefficient (Wildman–Crippen LogP) is 6.83. The van der Waals surface area contributed by atoms with Gasteiger partial charge >= 0.3 is 5.63 Å². The molecule has 0 aliphatic heterocycles. The van der Waals surface area contributed by atoms with Crippen molar-refractivity contribution in [1.29, 1.82) is 0 Å². The molecule has 0 saturated heterocycles. The van der Waals surface area contributed by atoms with Crippen molar-refractivity contribution in [3.8, 4) is 22.6 Å². The lowest BCUT2D eigenvalue weighted by molar-refractivity contribution is 0.102. The zero-order valence-electron chi connectivity index (χ0n) is 19.3. The van der Waals surface area contributed by atoms with Crippen LogP contribution in [0.5, 0.6) is 0 Å². The fourth-order valence-electron chi connectivity index (χ4n) is 4.09. The molecule has 0 radical (unpaired) electrons. The lowest BCUT2D eigenvalue weighted by atomic mass is 10.0. The molecule has 0 atom stereocenters. The molecule has 174 valence electrons. The van der Waals surface area contributed by atoms with E-state index in [2.05, 4.69) is 10.3 Å². The first-order chi connectivity index (χ1) is 17.5. The van der Waals surface area contributed by atoms with Crippen LogP contribution in [0.3, 0.4) is 0 Å². The average molecular weight is 473 g/mol. The van der Waals surface area contributed by atoms with Crippen molar-refractivity contribution in [2.75, 3.05) is 5.32 Å². The molecule has 6 rings (SSSR count). The zero-order chi connectivity index (χ0) is 24.6. The smallest absolute Gasteiger partial charge is 0.344 e. The fraction of sp³-hybridized carbons (Fsp3) is 0.0333. The predicted molar refractivity (Wildman–Crippen MR) is 140 cm³/mol. The maximum absolute atomic E-state index is 12.9. The van der Waals surface area contributed by atoms with Gasteiger partial charge in [0, 0.05) is 22.2 Å². The van der Waals surface area contributed by atoms with Gasteiger partial charge in [0.1, 0.15) is 11.1 Å². The van der Waals surface area contributed by atoms with Gasteiger partial charge in [-0.15, -0.1) is 0 Å². The van der Waals surface area contributed by atoms with Crippen LogP contribution in [0.1, 0.15) is 15.9 Å². The molecule has 0 unspecified atom stereocenters. The molecule has 6 nitrogen and oxygen atoms in total. The van der Waals surface area contributed by atoms with E-state index in [1.54, 1.807) is 54.6 Å². The van der Waals surface area contributed by atoms with Gasteiger partial charge in [0.2, 0.25) is 5.89 Å². The van der Waals surface area contributed by atoms with Gasteiger partial charge in [-0.1, -0.05) is 48.0 Å². The van der Waals surface area contributed by atoms with Crippen LogP contribution in [0.2, 0.25) is 0 Å². The number of carbonyl (C=O) groups excluding carboxylic acids is 1. The maximum atomic E-state index is 12.9. The standard InChI is InChI=1S/C30H20N2O4/c1-18-6-8-21(9-7-18)29-32-25-17-23(14-15-27(25)35-29)31-28(33)20-12-10-19(11-13-20)24-16-22-4-2-3-5-26(22)36-30(24)34/h2-17H,1H3,(H,31,33). The van der Waals surface area contributed by atoms with Crippen molar-refractivity contribution >= 4 is 33.7 Å². The minimum Gasteiger partial charge on any atom is -0.436 e. The molecule has 2 heterocycles. The Kier molecular flexibility index (Phi) is 5.19. The minimum absolute atomic E-state index is 0.270. The number of nitrogens with zero attached hydrogens (tertiary/aromatic N) is 1. The monoisotopic (exact) mass is 472 g/mol. The number of oxazole rings is 1. The number of aryl methyl sites for hydroxylation is 1. The summed E-state index contributed by atoms with van der Waals surface area (Å²) >= 11 is 0. The summed E-state index contributed by atoms with van der Waals surface area (Å²) in [7, 11) is 0. The molecule has 6 heteroatoms. The van der Waals surface area contributed by atoms with Gasteiger partial charge in [-0.3, -0.25) is 4.79 Å². The Balaban J connectivity index is 1.22. The molecular weight excluding hydrogens is 452 g/mol. The summed E-state index contributed by atoms with van der Waals surface area (Å²) in [6, 6.07) is 29.3. The van der Waals surface area contributed by atoms with E-state index in [0.717, 1.165) is 16.5 Å². The summed E-state index contributed by atoms with van der Waals surface area (Å²) in [5, 5.41) is 3.74. The Labute approximate surface area is 205 Å². The highest BCUT2D eigenvalue weighted by Crippen LogP contribution is 2.27. The Hall–Kier alpha value is -4.97. The van der Waals surface area contributed by atoms with Crippen molar-refractivity contribution < 1.29 is 13.6 Å². The van der Waals surface area contributed by atoms with Crippen LogP contribution in [0.4, 0.5) is 5.69 Å². The summed E-state index contributed by atoms with van der Waals surface area (Å²) < 4.78 is 11.3. The molecule has 1 amide bonds. The van der Waals surface area contributed by atoms with Crippen LogP contribution in [0.25, 0.3) is 44.7 Å². The third-order valence-corrected chi connectivity index (χ3v) is 6.04. The number of amides is 1. The number of nitrogens with one attached hydrogen (secondary N) is 1. The third kappa shape index (κ3) is 4.05. The number of anilines is 1. The van der Waals surface area contributed by atoms with Gasteiger partial charge < -0.3 is 14.2 Å². The van der Waals surface area contributed by atoms with Gasteiger partial charge in [-0.05, 0) is 67.1 Å². The lowest BCUT2D eigenvalue weighted by Gasteiger charge is -2.07. The highest BCUT2D eigenvalue weighted by molar-refractivity contribution is 6.05. The van der Waals surface area contributed by atoms with Crippen molar-refractivity contribution in [3.05, 3.63) is 119 Å². The SMILES string of the molecule is Cc1ccc(-c2nc3cc(NC(=O)c4ccc(-c5cc6ccccc6oc5=O)cc4)ccc3o2)cc1. The van der Waals surface area contributed by atoms with E-state index in [4.69, 9.17) is 8.83 Å². The molecular formula is C30H20N2O4. The average Bonchev–Trinajstić information content (AvgIpc) is 3.32. The fourth-order valence-corrected chi connectivity index (χ4v) is 4.09. The second-order valence-electron chi connectivity index (χ2n) is 8.58. The van der Waals surface area contributed by atoms with E-state index in [9.17, 15) is 9.59 Å². The number of hydrogen-bond donors (Lipinski definition) is 1. The second kappa shape index (κ2) is 8.67. The van der Waals surface area contributed by atoms with Crippen LogP contribution < -0.4 is 10.9 Å². The van der Waals surface area contributed by atoms with Gasteiger partial charge in [-0.2, -0.15) is 0 Å². The summed E-state index contributed by atoms with van der Waals surface area (Å²) in [5.74, 6) is 0.260. The summed E-state index contributed by atoms with van der Waals surface area (Å²) in [4.78, 5) is 29.9. The van der Waals surface area contributed by atoms with Gasteiger partial charge in [0.15, 0.2) is 5.58 Å². The molecule has 0 spiro atoms. The van der Waals surface area contributed by atoms with Gasteiger partial charge in [0.25, 0.3) is 5.91 Å². The number of aromatic nitrogens is 1. The molecule has 0 fully saturated rings. The number of para-hydroxylation sites is 1. The van der Waals surface area contributed by atoms with Crippen molar-refractivity contribution in [2.45, 2.75) is 6.92 Å². The Morgan fingerprint density at radius 2 is 1.53 bits per heavy atom. The third-order valence-electron chi connectivity index (χ3n) is 6.04. The maximum Gasteiger partial charge on any atom is 0.344 e. The first-order valence-electron chi connectivity index (χ1n) is 11.5. The van der Waals surface area contributed by atoms with Gasteiger partial charge in [0.05, 0.1) is 5.56 Å². The van der Waals surface area contributed by atoms with Crippen LogP contribution in [-0.2, 0) is 0 Å². The molecule has 0 bridgehead atoms. The molecule has 4 aromatic carbocycles. The number of hydrogen-bond acceptors (Lipinski definition) is 5. The number of benzene rings is 4. The van der Waals surface area contributed by atoms with E-state index in [1.165, 1.54) is 0 Å². The Bertz CT molecular complexity index is 1800. The Morgan fingerprint density at radius 3 is 2.33 bits per heavy atom. The summed E-state index contributed by atoms with van der Waals surface area (Å²) in [6.07, 6.45) is 0. The first kappa shape index (κ1) is 21.6. The van der Waals surface area contributed by atoms with Crippen molar-refractivity contribution in [3.63, 3.8) is 0 Å². The number of rotatable bonds is 4. The zero-order valence-corrected chi connectivity index (χ0v) is 19.3. The van der Waals surface area contributed by atoms with Crippen LogP contribution in [0.15, 0.2) is 111 Å². The van der Waals surface area contributed by atoms with Crippen molar-refractivity contribution in [2.24, 2.45) is 0 Å². The van der Waals surface area contributed by atoms with Crippen LogP contribution in [0, 0.1) is 6.92 Å². The largest absolute Gasteiger partial charge is 0.436 e. The lowest BCUT2D eigenvalue weighted by Crippen LogP contribution is -2.11. The molecule has 2 aromatic heterocycles. The molecule has 6 aromatic rings. The van der Waals surface area contributed by atoms with E-state index in [-0.39, 0.29) is 5.91 Å². The van der Waals surface area contributed by atoms with Gasteiger partial charge in [-0.25, -0.2) is 9.78 Å². The molecule has 1 N–H and O–H groups in total. The van der Waals surface area contributed by atoms with Crippen LogP contribution >= 0.6 is 0 Å². The second-order valence-corrected chi connectivity index (χ2v) is 8.58. The van der Waals surface area contributed by atoms with E-state index in [0.29, 0.717) is 45.0 Å². The molecule has 0 aliphatic rings. The number of fused-ring (bicyclic) bond motifs is 2. The molecule has 0 aliphatic carbocycles. The van der Waals surface area contributed by atoms with E-state index >= 15 is 0 Å². The highest BCUT2D eigenvalue weighted by atomic mass is 16.4. The first-order valence-corrected chi connectivity index (χ1v) is 11.5.